The smallest absolute Gasteiger partial charge is 0.543 e. The molecular weight excluding hydrogens is 541 g/mol. The van der Waals surface area contributed by atoms with Crippen LogP contribution in [0, 0.1) is 0 Å². The van der Waals surface area contributed by atoms with Gasteiger partial charge in [-0.05, 0) is 12.5 Å². The number of carboxylic acid groups (broad SMARTS) is 1. The molecule has 13 nitrogen and oxygen atoms in total. The van der Waals surface area contributed by atoms with Gasteiger partial charge in [0.25, 0.3) is 5.91 Å². The van der Waals surface area contributed by atoms with Gasteiger partial charge < -0.3 is 30.2 Å². The van der Waals surface area contributed by atoms with E-state index in [4.69, 9.17) is 4.74 Å². The number of likely N-dealkylation sites (N-methyl/N-ethyl adjacent to an activating group) is 1. The van der Waals surface area contributed by atoms with Crippen molar-refractivity contribution in [1.82, 2.24) is 25.3 Å². The largest absolute Gasteiger partial charge is 1.00 e. The van der Waals surface area contributed by atoms with Gasteiger partial charge in [-0.25, -0.2) is 14.5 Å². The number of hydrogen-bond acceptors (Lipinski definition) is 9. The number of β-lactam (4-membered cyclic amide) rings is 1. The van der Waals surface area contributed by atoms with Gasteiger partial charge in [-0.1, -0.05) is 30.3 Å². The van der Waals surface area contributed by atoms with Crippen molar-refractivity contribution in [2.75, 3.05) is 32.0 Å². The number of carbonyl (C=O) groups excluding carboxylic acids is 6. The summed E-state index contributed by atoms with van der Waals surface area (Å²) in [6, 6.07) is 4.83. The van der Waals surface area contributed by atoms with Gasteiger partial charge in [0.1, 0.15) is 24.1 Å². The molecule has 3 atom stereocenters. The molecule has 0 saturated carbocycles. The fourth-order valence-electron chi connectivity index (χ4n) is 4.42. The van der Waals surface area contributed by atoms with Crippen LogP contribution in [0.25, 0.3) is 0 Å². The second-order valence-corrected chi connectivity index (χ2v) is 9.83. The fraction of sp³-hybridized carbons (Fsp3) is 0.417. The number of aliphatic carboxylic acids is 1. The number of esters is 1. The van der Waals surface area contributed by atoms with E-state index in [1.54, 1.807) is 37.3 Å². The molecule has 0 aromatic heterocycles. The van der Waals surface area contributed by atoms with Crippen LogP contribution in [0.1, 0.15) is 25.5 Å². The molecule has 6 amide bonds. The summed E-state index contributed by atoms with van der Waals surface area (Å²) in [6.45, 7) is 3.66. The van der Waals surface area contributed by atoms with Crippen LogP contribution < -0.4 is 45.3 Å². The number of nitrogens with zero attached hydrogens (tertiary/aromatic N) is 3. The maximum absolute atomic E-state index is 13.4. The zero-order valence-corrected chi connectivity index (χ0v) is 24.5. The van der Waals surface area contributed by atoms with Crippen LogP contribution in [-0.4, -0.2) is 93.9 Å². The Morgan fingerprint density at radius 1 is 1.15 bits per heavy atom. The standard InChI is InChI=1S/C24H27N5O8S.Na/c1-3-27-9-10-28(24(27)36)23(35)26-16(14-7-5-4-6-8-14)19(31)25-17-20(32)29-18(22(33)34)15(11-37-13(2)30)12-38-21(17)29;/h4-8,16-17,21H,3,9-12H2,1-2H3,(H,25,31)(H,26,35)(H,33,34);/q;+1/p-1/t16-,17?,21-;/m1./s1. The molecule has 0 bridgehead atoms. The summed E-state index contributed by atoms with van der Waals surface area (Å²) in [5, 5.41) is 16.3. The first kappa shape index (κ1) is 30.5. The SMILES string of the molecule is CCN1CCN(C(=O)N[C@@H](C(=O)NC2C(=O)N3C(C(=O)[O-])=C(COC(C)=O)CS[C@H]23)c2ccccc2)C1=O.[Na+]. The molecule has 0 radical (unpaired) electrons. The molecule has 15 heteroatoms. The van der Waals surface area contributed by atoms with Crippen molar-refractivity contribution in [3.8, 4) is 0 Å². The minimum Gasteiger partial charge on any atom is -0.543 e. The summed E-state index contributed by atoms with van der Waals surface area (Å²) in [5.41, 5.74) is 0.257. The molecule has 1 aromatic rings. The summed E-state index contributed by atoms with van der Waals surface area (Å²) < 4.78 is 4.90. The topological polar surface area (TPSA) is 168 Å². The molecule has 1 unspecified atom stereocenters. The van der Waals surface area contributed by atoms with Gasteiger partial charge in [0.15, 0.2) is 0 Å². The van der Waals surface area contributed by atoms with E-state index < -0.39 is 53.3 Å². The van der Waals surface area contributed by atoms with E-state index >= 15 is 0 Å². The average molecular weight is 568 g/mol. The third-order valence-corrected chi connectivity index (χ3v) is 7.71. The minimum atomic E-state index is -1.60. The van der Waals surface area contributed by atoms with Crippen molar-refractivity contribution in [3.05, 3.63) is 47.2 Å². The van der Waals surface area contributed by atoms with Crippen molar-refractivity contribution in [2.45, 2.75) is 31.3 Å². The van der Waals surface area contributed by atoms with Gasteiger partial charge in [0.2, 0.25) is 5.91 Å². The number of nitrogens with one attached hydrogen (secondary N) is 2. The van der Waals surface area contributed by atoms with Crippen molar-refractivity contribution in [2.24, 2.45) is 0 Å². The molecule has 1 aromatic carbocycles. The molecule has 2 N–H and O–H groups in total. The van der Waals surface area contributed by atoms with E-state index in [-0.39, 0.29) is 59.7 Å². The Morgan fingerprint density at radius 2 is 1.85 bits per heavy atom. The number of thioether (sulfide) groups is 1. The quantitative estimate of drug-likeness (QED) is 0.182. The van der Waals surface area contributed by atoms with E-state index in [0.717, 1.165) is 9.80 Å². The number of ether oxygens (including phenoxy) is 1. The van der Waals surface area contributed by atoms with Gasteiger partial charge >= 0.3 is 47.6 Å². The molecule has 0 aliphatic carbocycles. The molecule has 3 heterocycles. The third-order valence-electron chi connectivity index (χ3n) is 6.37. The van der Waals surface area contributed by atoms with Gasteiger partial charge in [-0.3, -0.25) is 19.3 Å². The third kappa shape index (κ3) is 6.24. The number of urea groups is 2. The fourth-order valence-corrected chi connectivity index (χ4v) is 5.75. The van der Waals surface area contributed by atoms with Crippen molar-refractivity contribution < 1.29 is 68.2 Å². The van der Waals surface area contributed by atoms with Crippen LogP contribution in [-0.2, 0) is 23.9 Å². The number of carboxylic acids is 1. The van der Waals surface area contributed by atoms with Crippen molar-refractivity contribution in [3.63, 3.8) is 0 Å². The number of fused-ring (bicyclic) bond motifs is 1. The minimum absolute atomic E-state index is 0. The summed E-state index contributed by atoms with van der Waals surface area (Å²) in [6.07, 6.45) is 0. The Hall–Kier alpha value is -3.07. The van der Waals surface area contributed by atoms with Crippen LogP contribution in [0.4, 0.5) is 9.59 Å². The molecule has 202 valence electrons. The number of amides is 6. The second kappa shape index (κ2) is 12.9. The van der Waals surface area contributed by atoms with E-state index in [9.17, 15) is 33.9 Å². The molecular formula is C24H26N5NaO8S. The predicted molar refractivity (Wildman–Crippen MR) is 131 cm³/mol. The van der Waals surface area contributed by atoms with E-state index in [1.807, 2.05) is 0 Å². The normalized spacial score (nSPS) is 20.9. The summed E-state index contributed by atoms with van der Waals surface area (Å²) in [5.74, 6) is -3.44. The molecule has 4 rings (SSSR count). The first-order chi connectivity index (χ1) is 18.1. The Bertz CT molecular complexity index is 1210. The monoisotopic (exact) mass is 567 g/mol. The number of benzene rings is 1. The summed E-state index contributed by atoms with van der Waals surface area (Å²) in [7, 11) is 0. The Morgan fingerprint density at radius 3 is 2.44 bits per heavy atom. The van der Waals surface area contributed by atoms with Crippen LogP contribution in [0.15, 0.2) is 41.6 Å². The van der Waals surface area contributed by atoms with Crippen molar-refractivity contribution in [1.29, 1.82) is 0 Å². The number of hydrogen-bond donors (Lipinski definition) is 2. The van der Waals surface area contributed by atoms with Crippen molar-refractivity contribution >= 4 is 47.6 Å². The van der Waals surface area contributed by atoms with E-state index in [2.05, 4.69) is 10.6 Å². The van der Waals surface area contributed by atoms with Gasteiger partial charge in [0.05, 0.1) is 11.7 Å². The first-order valence-electron chi connectivity index (χ1n) is 11.9. The molecule has 3 aliphatic heterocycles. The molecule has 0 spiro atoms. The Kier molecular flexibility index (Phi) is 10.0. The van der Waals surface area contributed by atoms with Crippen LogP contribution in [0.3, 0.4) is 0 Å². The number of imide groups is 1. The average Bonchev–Trinajstić information content (AvgIpc) is 3.28. The Balaban J connectivity index is 0.00000420. The summed E-state index contributed by atoms with van der Waals surface area (Å²) in [4.78, 5) is 78.2. The Labute approximate surface area is 250 Å². The first-order valence-corrected chi connectivity index (χ1v) is 12.9. The summed E-state index contributed by atoms with van der Waals surface area (Å²) >= 11 is 1.20. The van der Waals surface area contributed by atoms with Gasteiger partial charge in [-0.15, -0.1) is 11.8 Å². The van der Waals surface area contributed by atoms with E-state index in [1.165, 1.54) is 23.6 Å². The molecule has 39 heavy (non-hydrogen) atoms. The number of rotatable bonds is 8. The number of carbonyl (C=O) groups is 6. The maximum atomic E-state index is 13.4. The second-order valence-electron chi connectivity index (χ2n) is 8.72. The molecule has 2 saturated heterocycles. The molecule has 3 aliphatic rings. The maximum Gasteiger partial charge on any atom is 1.00 e. The predicted octanol–water partition coefficient (Wildman–Crippen LogP) is -3.83. The van der Waals surface area contributed by atoms with Gasteiger partial charge in [0, 0.05) is 37.9 Å². The zero-order chi connectivity index (χ0) is 27.6. The van der Waals surface area contributed by atoms with Crippen LogP contribution in [0.5, 0.6) is 0 Å². The zero-order valence-electron chi connectivity index (χ0n) is 21.7. The van der Waals surface area contributed by atoms with E-state index in [0.29, 0.717) is 18.7 Å². The van der Waals surface area contributed by atoms with Gasteiger partial charge in [-0.2, -0.15) is 0 Å². The van der Waals surface area contributed by atoms with Crippen LogP contribution in [0.2, 0.25) is 0 Å². The van der Waals surface area contributed by atoms with Crippen LogP contribution >= 0.6 is 11.8 Å². The molecule has 2 fully saturated rings.